The Morgan fingerprint density at radius 3 is 2.71 bits per heavy atom. The van der Waals surface area contributed by atoms with Crippen LogP contribution in [0.2, 0.25) is 0 Å². The van der Waals surface area contributed by atoms with Gasteiger partial charge in [0, 0.05) is 5.69 Å². The number of benzene rings is 1. The topological polar surface area (TPSA) is 103 Å². The van der Waals surface area contributed by atoms with Gasteiger partial charge in [-0.1, -0.05) is 6.07 Å². The van der Waals surface area contributed by atoms with E-state index in [4.69, 9.17) is 10.5 Å². The van der Waals surface area contributed by atoms with E-state index in [1.165, 1.54) is 0 Å². The quantitative estimate of drug-likeness (QED) is 0.830. The van der Waals surface area contributed by atoms with Gasteiger partial charge in [-0.05, 0) is 32.9 Å². The maximum absolute atomic E-state index is 12.3. The van der Waals surface area contributed by atoms with Gasteiger partial charge in [0.15, 0.2) is 0 Å². The number of nitrogens with zero attached hydrogens (tertiary/aromatic N) is 3. The average molecular weight is 287 g/mol. The summed E-state index contributed by atoms with van der Waals surface area (Å²) in [6.07, 6.45) is 0. The molecule has 2 aromatic rings. The minimum Gasteiger partial charge on any atom is -0.493 e. The number of hydrogen-bond donors (Lipinski definition) is 2. The van der Waals surface area contributed by atoms with Gasteiger partial charge in [0.25, 0.3) is 5.91 Å². The molecule has 1 heterocycles. The number of carbonyl (C=O) groups excluding carboxylic acids is 1. The molecule has 0 aliphatic heterocycles. The molecule has 7 nitrogen and oxygen atoms in total. The molecule has 2 rings (SSSR count). The monoisotopic (exact) mass is 287 g/mol. The number of anilines is 2. The fourth-order valence-corrected chi connectivity index (χ4v) is 1.74. The Morgan fingerprint density at radius 1 is 1.29 bits per heavy atom. The SMILES string of the molecule is CCOc1cccc(N)c1C(=O)Nc1nnc(C)c(C)n1. The lowest BCUT2D eigenvalue weighted by Gasteiger charge is -2.12. The molecule has 0 radical (unpaired) electrons. The summed E-state index contributed by atoms with van der Waals surface area (Å²) >= 11 is 0. The number of aromatic nitrogens is 3. The fourth-order valence-electron chi connectivity index (χ4n) is 1.74. The summed E-state index contributed by atoms with van der Waals surface area (Å²) in [6.45, 7) is 5.86. The van der Waals surface area contributed by atoms with E-state index in [-0.39, 0.29) is 11.5 Å². The molecule has 21 heavy (non-hydrogen) atoms. The van der Waals surface area contributed by atoms with E-state index in [1.807, 2.05) is 6.92 Å². The van der Waals surface area contributed by atoms with Crippen LogP contribution >= 0.6 is 0 Å². The molecule has 0 saturated carbocycles. The van der Waals surface area contributed by atoms with Crippen LogP contribution < -0.4 is 15.8 Å². The zero-order valence-electron chi connectivity index (χ0n) is 12.2. The Labute approximate surface area is 122 Å². The first-order chi connectivity index (χ1) is 10.0. The molecule has 0 bridgehead atoms. The van der Waals surface area contributed by atoms with Crippen molar-refractivity contribution >= 4 is 17.5 Å². The van der Waals surface area contributed by atoms with Gasteiger partial charge in [-0.3, -0.25) is 10.1 Å². The van der Waals surface area contributed by atoms with Crippen LogP contribution in [0.5, 0.6) is 5.75 Å². The second-order valence-corrected chi connectivity index (χ2v) is 4.41. The summed E-state index contributed by atoms with van der Waals surface area (Å²) in [6, 6.07) is 5.05. The molecule has 0 fully saturated rings. The highest BCUT2D eigenvalue weighted by atomic mass is 16.5. The number of hydrogen-bond acceptors (Lipinski definition) is 6. The summed E-state index contributed by atoms with van der Waals surface area (Å²) in [7, 11) is 0. The number of amides is 1. The lowest BCUT2D eigenvalue weighted by Crippen LogP contribution is -2.18. The molecule has 1 aromatic heterocycles. The predicted octanol–water partition coefficient (Wildman–Crippen LogP) is 1.72. The molecule has 110 valence electrons. The van der Waals surface area contributed by atoms with Crippen LogP contribution in [0, 0.1) is 13.8 Å². The molecule has 1 aromatic carbocycles. The zero-order valence-corrected chi connectivity index (χ0v) is 12.2. The highest BCUT2D eigenvalue weighted by molar-refractivity contribution is 6.09. The van der Waals surface area contributed by atoms with E-state index >= 15 is 0 Å². The number of nitrogens with one attached hydrogen (secondary N) is 1. The average Bonchev–Trinajstić information content (AvgIpc) is 2.43. The normalized spacial score (nSPS) is 10.2. The Morgan fingerprint density at radius 2 is 2.05 bits per heavy atom. The van der Waals surface area contributed by atoms with Crippen molar-refractivity contribution in [3.8, 4) is 5.75 Å². The van der Waals surface area contributed by atoms with E-state index in [0.717, 1.165) is 0 Å². The minimum absolute atomic E-state index is 0.133. The fraction of sp³-hybridized carbons (Fsp3) is 0.286. The lowest BCUT2D eigenvalue weighted by molar-refractivity contribution is 0.102. The predicted molar refractivity (Wildman–Crippen MR) is 79.3 cm³/mol. The third-order valence-electron chi connectivity index (χ3n) is 2.90. The second-order valence-electron chi connectivity index (χ2n) is 4.41. The summed E-state index contributed by atoms with van der Waals surface area (Å²) in [4.78, 5) is 16.5. The van der Waals surface area contributed by atoms with Crippen molar-refractivity contribution in [2.75, 3.05) is 17.7 Å². The van der Waals surface area contributed by atoms with E-state index in [2.05, 4.69) is 20.5 Å². The molecule has 0 spiro atoms. The largest absolute Gasteiger partial charge is 0.493 e. The van der Waals surface area contributed by atoms with Crippen molar-refractivity contribution in [1.82, 2.24) is 15.2 Å². The maximum atomic E-state index is 12.3. The van der Waals surface area contributed by atoms with Crippen molar-refractivity contribution in [1.29, 1.82) is 0 Å². The third-order valence-corrected chi connectivity index (χ3v) is 2.90. The minimum atomic E-state index is -0.429. The summed E-state index contributed by atoms with van der Waals surface area (Å²) < 4.78 is 5.42. The molecule has 3 N–H and O–H groups in total. The highest BCUT2D eigenvalue weighted by Gasteiger charge is 2.17. The van der Waals surface area contributed by atoms with Crippen LogP contribution in [0.15, 0.2) is 18.2 Å². The van der Waals surface area contributed by atoms with Gasteiger partial charge in [-0.15, -0.1) is 5.10 Å². The molecule has 0 aliphatic carbocycles. The Kier molecular flexibility index (Phi) is 4.32. The van der Waals surface area contributed by atoms with Crippen LogP contribution in [0.25, 0.3) is 0 Å². The number of nitrogens with two attached hydrogens (primary N) is 1. The molecule has 0 saturated heterocycles. The van der Waals surface area contributed by atoms with E-state index in [1.54, 1.807) is 32.0 Å². The van der Waals surface area contributed by atoms with Crippen LogP contribution in [0.4, 0.5) is 11.6 Å². The van der Waals surface area contributed by atoms with Crippen molar-refractivity contribution in [3.05, 3.63) is 35.2 Å². The summed E-state index contributed by atoms with van der Waals surface area (Å²) in [5, 5.41) is 10.3. The van der Waals surface area contributed by atoms with Gasteiger partial charge in [-0.2, -0.15) is 5.10 Å². The van der Waals surface area contributed by atoms with Crippen molar-refractivity contribution in [3.63, 3.8) is 0 Å². The van der Waals surface area contributed by atoms with Crippen molar-refractivity contribution in [2.24, 2.45) is 0 Å². The molecular formula is C14H17N5O2. The first-order valence-electron chi connectivity index (χ1n) is 6.53. The van der Waals surface area contributed by atoms with E-state index in [0.29, 0.717) is 29.4 Å². The first-order valence-corrected chi connectivity index (χ1v) is 6.53. The number of ether oxygens (including phenoxy) is 1. The van der Waals surface area contributed by atoms with Gasteiger partial charge >= 0.3 is 0 Å². The molecule has 1 amide bonds. The highest BCUT2D eigenvalue weighted by Crippen LogP contribution is 2.25. The van der Waals surface area contributed by atoms with Crippen LogP contribution in [-0.2, 0) is 0 Å². The van der Waals surface area contributed by atoms with Gasteiger partial charge in [0.05, 0.1) is 18.0 Å². The van der Waals surface area contributed by atoms with Crippen LogP contribution in [-0.4, -0.2) is 27.7 Å². The van der Waals surface area contributed by atoms with Crippen LogP contribution in [0.1, 0.15) is 28.7 Å². The van der Waals surface area contributed by atoms with Gasteiger partial charge in [0.2, 0.25) is 5.95 Å². The number of carbonyl (C=O) groups is 1. The third kappa shape index (κ3) is 3.25. The Balaban J connectivity index is 2.29. The van der Waals surface area contributed by atoms with Crippen LogP contribution in [0.3, 0.4) is 0 Å². The van der Waals surface area contributed by atoms with Gasteiger partial charge < -0.3 is 10.5 Å². The molecule has 0 aliphatic rings. The van der Waals surface area contributed by atoms with Crippen molar-refractivity contribution < 1.29 is 9.53 Å². The number of nitrogen functional groups attached to an aromatic ring is 1. The smallest absolute Gasteiger partial charge is 0.263 e. The van der Waals surface area contributed by atoms with E-state index in [9.17, 15) is 4.79 Å². The standard InChI is InChI=1S/C14H17N5O2/c1-4-21-11-7-5-6-10(15)12(11)13(20)17-14-16-8(2)9(3)18-19-14/h5-7H,4,15H2,1-3H3,(H,16,17,19,20). The summed E-state index contributed by atoms with van der Waals surface area (Å²) in [5.74, 6) is 0.127. The maximum Gasteiger partial charge on any atom is 0.263 e. The van der Waals surface area contributed by atoms with Gasteiger partial charge in [-0.25, -0.2) is 4.98 Å². The molecule has 0 unspecified atom stereocenters. The molecule has 7 heteroatoms. The number of rotatable bonds is 4. The first kappa shape index (κ1) is 14.7. The lowest BCUT2D eigenvalue weighted by atomic mass is 10.1. The van der Waals surface area contributed by atoms with Gasteiger partial charge in [0.1, 0.15) is 11.3 Å². The number of aryl methyl sites for hydroxylation is 2. The summed E-state index contributed by atoms with van der Waals surface area (Å²) in [5.41, 5.74) is 7.87. The Hall–Kier alpha value is -2.70. The second kappa shape index (κ2) is 6.17. The van der Waals surface area contributed by atoms with Crippen molar-refractivity contribution in [2.45, 2.75) is 20.8 Å². The molecule has 0 atom stereocenters. The Bertz CT molecular complexity index is 672. The molecular weight excluding hydrogens is 270 g/mol. The zero-order chi connectivity index (χ0) is 15.4. The van der Waals surface area contributed by atoms with E-state index < -0.39 is 5.91 Å².